The van der Waals surface area contributed by atoms with Crippen LogP contribution in [0.15, 0.2) is 18.3 Å². The molecule has 3 heterocycles. The van der Waals surface area contributed by atoms with E-state index in [1.807, 2.05) is 6.07 Å². The number of hydrogen-bond acceptors (Lipinski definition) is 6. The highest BCUT2D eigenvalue weighted by atomic mass is 19.3. The lowest BCUT2D eigenvalue weighted by molar-refractivity contribution is -0.0494. The summed E-state index contributed by atoms with van der Waals surface area (Å²) in [6, 6.07) is 3.46. The number of alkyl halides is 2. The first-order valence-electron chi connectivity index (χ1n) is 10.6. The Labute approximate surface area is 175 Å². The predicted octanol–water partition coefficient (Wildman–Crippen LogP) is 4.58. The maximum Gasteiger partial charge on any atom is 0.387 e. The fourth-order valence-corrected chi connectivity index (χ4v) is 4.00. The molecule has 1 aliphatic heterocycles. The number of pyridine rings is 1. The lowest BCUT2D eigenvalue weighted by Gasteiger charge is -2.40. The van der Waals surface area contributed by atoms with Gasteiger partial charge in [0, 0.05) is 34.8 Å². The average molecular weight is 418 g/mol. The minimum atomic E-state index is -2.96. The Kier molecular flexibility index (Phi) is 5.61. The molecule has 2 N–H and O–H groups in total. The average Bonchev–Trinajstić information content (AvgIpc) is 3.54. The summed E-state index contributed by atoms with van der Waals surface area (Å²) in [6.07, 6.45) is 5.81. The zero-order valence-electron chi connectivity index (χ0n) is 17.7. The molecule has 0 aromatic carbocycles. The third-order valence-corrected chi connectivity index (χ3v) is 5.96. The number of hydrogen-bond donors (Lipinski definition) is 1. The Morgan fingerprint density at radius 2 is 1.77 bits per heavy atom. The number of aromatic nitrogens is 3. The monoisotopic (exact) mass is 417 g/mol. The van der Waals surface area contributed by atoms with Gasteiger partial charge in [-0.05, 0) is 71.7 Å². The number of piperidine rings is 1. The van der Waals surface area contributed by atoms with Crippen LogP contribution in [0.2, 0.25) is 0 Å². The molecule has 0 amide bonds. The Morgan fingerprint density at radius 1 is 1.07 bits per heavy atom. The van der Waals surface area contributed by atoms with E-state index < -0.39 is 6.61 Å². The summed E-state index contributed by atoms with van der Waals surface area (Å²) in [5, 5.41) is 0. The summed E-state index contributed by atoms with van der Waals surface area (Å²) in [4.78, 5) is 16.1. The summed E-state index contributed by atoms with van der Waals surface area (Å²) in [5.74, 6) is 1.39. The van der Waals surface area contributed by atoms with Crippen LogP contribution in [0, 0.1) is 0 Å². The summed E-state index contributed by atoms with van der Waals surface area (Å²) in [5.41, 5.74) is 8.18. The second-order valence-corrected chi connectivity index (χ2v) is 9.23. The molecule has 4 rings (SSSR count). The van der Waals surface area contributed by atoms with E-state index in [4.69, 9.17) is 15.7 Å². The molecule has 1 saturated heterocycles. The van der Waals surface area contributed by atoms with Gasteiger partial charge in [-0.25, -0.2) is 15.0 Å². The first-order chi connectivity index (χ1) is 14.2. The van der Waals surface area contributed by atoms with Gasteiger partial charge in [0.15, 0.2) is 11.6 Å². The second kappa shape index (κ2) is 8.06. The van der Waals surface area contributed by atoms with Gasteiger partial charge in [0.05, 0.1) is 5.69 Å². The summed E-state index contributed by atoms with van der Waals surface area (Å²) in [7, 11) is 0. The fraction of sp³-hybridized carbons (Fsp3) is 0.591. The number of nitrogens with zero attached hydrogens (tertiary/aromatic N) is 4. The van der Waals surface area contributed by atoms with Crippen molar-refractivity contribution in [1.82, 2.24) is 19.9 Å². The minimum absolute atomic E-state index is 0.0645. The van der Waals surface area contributed by atoms with Gasteiger partial charge in [0.1, 0.15) is 5.82 Å². The largest absolute Gasteiger partial charge is 0.431 e. The van der Waals surface area contributed by atoms with Crippen LogP contribution in [-0.2, 0) is 0 Å². The van der Waals surface area contributed by atoms with E-state index in [9.17, 15) is 8.78 Å². The predicted molar refractivity (Wildman–Crippen MR) is 112 cm³/mol. The molecule has 8 heteroatoms. The Morgan fingerprint density at radius 3 is 2.37 bits per heavy atom. The molecule has 0 atom stereocenters. The van der Waals surface area contributed by atoms with E-state index >= 15 is 0 Å². The molecule has 1 aliphatic carbocycles. The van der Waals surface area contributed by atoms with Crippen molar-refractivity contribution in [2.75, 3.05) is 18.8 Å². The normalized spacial score (nSPS) is 18.7. The highest BCUT2D eigenvalue weighted by Gasteiger charge is 2.31. The molecule has 2 fully saturated rings. The van der Waals surface area contributed by atoms with E-state index in [2.05, 4.69) is 35.4 Å². The van der Waals surface area contributed by atoms with Crippen molar-refractivity contribution in [3.05, 3.63) is 29.8 Å². The molecule has 2 aromatic rings. The molecule has 0 bridgehead atoms. The van der Waals surface area contributed by atoms with Crippen LogP contribution in [0.3, 0.4) is 0 Å². The lowest BCUT2D eigenvalue weighted by Crippen LogP contribution is -2.45. The molecule has 162 valence electrons. The summed E-state index contributed by atoms with van der Waals surface area (Å²) >= 11 is 0. The van der Waals surface area contributed by atoms with Crippen molar-refractivity contribution in [3.8, 4) is 17.0 Å². The lowest BCUT2D eigenvalue weighted by atomic mass is 9.90. The van der Waals surface area contributed by atoms with E-state index in [1.165, 1.54) is 6.07 Å². The molecular weight excluding hydrogens is 388 g/mol. The van der Waals surface area contributed by atoms with Gasteiger partial charge in [0.2, 0.25) is 0 Å². The zero-order valence-corrected chi connectivity index (χ0v) is 17.7. The maximum atomic E-state index is 12.7. The Hall–Kier alpha value is -2.35. The standard InChI is InChI=1S/C22H29F2N5O/c1-22(2,3)29-8-6-13(7-9-29)16-11-17(28-20(27-16)14-4-5-14)15-10-18(30-21(23)24)19(25)26-12-15/h10-14,21H,4-9H2,1-3H3,(H2,25,26). The first kappa shape index (κ1) is 20.9. The van der Waals surface area contributed by atoms with Crippen molar-refractivity contribution in [1.29, 1.82) is 0 Å². The highest BCUT2D eigenvalue weighted by Crippen LogP contribution is 2.40. The van der Waals surface area contributed by atoms with Crippen LogP contribution in [-0.4, -0.2) is 45.1 Å². The van der Waals surface area contributed by atoms with Gasteiger partial charge in [-0.15, -0.1) is 0 Å². The molecule has 0 unspecified atom stereocenters. The smallest absolute Gasteiger partial charge is 0.387 e. The van der Waals surface area contributed by atoms with Crippen LogP contribution in [0.4, 0.5) is 14.6 Å². The summed E-state index contributed by atoms with van der Waals surface area (Å²) in [6.45, 7) is 5.84. The third kappa shape index (κ3) is 4.69. The number of ether oxygens (including phenoxy) is 1. The minimum Gasteiger partial charge on any atom is -0.431 e. The van der Waals surface area contributed by atoms with E-state index in [-0.39, 0.29) is 17.1 Å². The van der Waals surface area contributed by atoms with Crippen molar-refractivity contribution in [3.63, 3.8) is 0 Å². The van der Waals surface area contributed by atoms with E-state index in [0.29, 0.717) is 23.1 Å². The van der Waals surface area contributed by atoms with Gasteiger partial charge in [-0.1, -0.05) is 0 Å². The number of nitrogen functional groups attached to an aromatic ring is 1. The number of rotatable bonds is 5. The SMILES string of the molecule is CC(C)(C)N1CCC(c2cc(-c3cnc(N)c(OC(F)F)c3)nc(C3CC3)n2)CC1. The number of likely N-dealkylation sites (tertiary alicyclic amines) is 1. The highest BCUT2D eigenvalue weighted by molar-refractivity contribution is 5.64. The van der Waals surface area contributed by atoms with Crippen molar-refractivity contribution in [2.45, 2.75) is 70.4 Å². The van der Waals surface area contributed by atoms with E-state index in [0.717, 1.165) is 50.3 Å². The maximum absolute atomic E-state index is 12.7. The summed E-state index contributed by atoms with van der Waals surface area (Å²) < 4.78 is 29.9. The van der Waals surface area contributed by atoms with Gasteiger partial charge in [0.25, 0.3) is 0 Å². The molecule has 0 spiro atoms. The van der Waals surface area contributed by atoms with Crippen molar-refractivity contribution in [2.24, 2.45) is 0 Å². The first-order valence-corrected chi connectivity index (χ1v) is 10.6. The third-order valence-electron chi connectivity index (χ3n) is 5.96. The Balaban J connectivity index is 1.63. The number of nitrogens with two attached hydrogens (primary N) is 1. The van der Waals surface area contributed by atoms with Gasteiger partial charge >= 0.3 is 6.61 Å². The van der Waals surface area contributed by atoms with E-state index in [1.54, 1.807) is 6.20 Å². The molecule has 2 aliphatic rings. The van der Waals surface area contributed by atoms with Gasteiger partial charge in [-0.2, -0.15) is 8.78 Å². The number of halogens is 2. The van der Waals surface area contributed by atoms with Crippen LogP contribution in [0.1, 0.15) is 69.8 Å². The van der Waals surface area contributed by atoms with Gasteiger partial charge < -0.3 is 10.5 Å². The Bertz CT molecular complexity index is 903. The zero-order chi connectivity index (χ0) is 21.5. The van der Waals surface area contributed by atoms with Crippen molar-refractivity contribution < 1.29 is 13.5 Å². The quantitative estimate of drug-likeness (QED) is 0.767. The molecule has 30 heavy (non-hydrogen) atoms. The second-order valence-electron chi connectivity index (χ2n) is 9.23. The van der Waals surface area contributed by atoms with Gasteiger partial charge in [-0.3, -0.25) is 4.90 Å². The number of anilines is 1. The molecule has 6 nitrogen and oxygen atoms in total. The van der Waals surface area contributed by atoms with Crippen LogP contribution in [0.25, 0.3) is 11.3 Å². The molecule has 2 aromatic heterocycles. The van der Waals surface area contributed by atoms with Crippen molar-refractivity contribution >= 4 is 5.82 Å². The topological polar surface area (TPSA) is 77.2 Å². The van der Waals surface area contributed by atoms with Crippen LogP contribution < -0.4 is 10.5 Å². The van der Waals surface area contributed by atoms with Crippen LogP contribution in [0.5, 0.6) is 5.75 Å². The fourth-order valence-electron chi connectivity index (χ4n) is 4.00. The van der Waals surface area contributed by atoms with Crippen LogP contribution >= 0.6 is 0 Å². The molecular formula is C22H29F2N5O. The molecule has 1 saturated carbocycles. The molecule has 0 radical (unpaired) electrons.